The lowest BCUT2D eigenvalue weighted by atomic mass is 9.98. The molecule has 0 fully saturated rings. The van der Waals surface area contributed by atoms with Crippen molar-refractivity contribution in [1.29, 1.82) is 0 Å². The number of carbonyl (C=O) groups excluding carboxylic acids is 1. The van der Waals surface area contributed by atoms with Gasteiger partial charge in [-0.1, -0.05) is 51.1 Å². The second kappa shape index (κ2) is 7.43. The van der Waals surface area contributed by atoms with Crippen LogP contribution in [0.3, 0.4) is 0 Å². The van der Waals surface area contributed by atoms with Crippen molar-refractivity contribution in [2.24, 2.45) is 0 Å². The summed E-state index contributed by atoms with van der Waals surface area (Å²) in [5.41, 5.74) is 4.13. The van der Waals surface area contributed by atoms with Gasteiger partial charge in [0.25, 0.3) is 0 Å². The first kappa shape index (κ1) is 18.2. The van der Waals surface area contributed by atoms with E-state index in [9.17, 15) is 4.79 Å². The highest BCUT2D eigenvalue weighted by Gasteiger charge is 2.23. The van der Waals surface area contributed by atoms with Crippen LogP contribution in [0.4, 0.5) is 0 Å². The number of hydrogen-bond acceptors (Lipinski definition) is 4. The van der Waals surface area contributed by atoms with Crippen LogP contribution in [0.1, 0.15) is 54.7 Å². The molecule has 1 atom stereocenters. The van der Waals surface area contributed by atoms with Crippen LogP contribution < -0.4 is 4.74 Å². The van der Waals surface area contributed by atoms with Crippen molar-refractivity contribution in [3.05, 3.63) is 71.4 Å². The van der Waals surface area contributed by atoms with Crippen LogP contribution in [-0.4, -0.2) is 20.3 Å². The van der Waals surface area contributed by atoms with Crippen LogP contribution in [-0.2, 0) is 6.42 Å². The molecule has 4 rings (SSSR count). The van der Waals surface area contributed by atoms with Crippen molar-refractivity contribution in [3.8, 4) is 5.88 Å². The fourth-order valence-electron chi connectivity index (χ4n) is 3.47. The first-order valence-electron chi connectivity index (χ1n) is 9.71. The highest BCUT2D eigenvalue weighted by molar-refractivity contribution is 5.91. The lowest BCUT2D eigenvalue weighted by molar-refractivity contribution is 0.0724. The van der Waals surface area contributed by atoms with Crippen LogP contribution in [0.5, 0.6) is 5.88 Å². The molecule has 28 heavy (non-hydrogen) atoms. The number of hydrogen-bond donors (Lipinski definition) is 0. The fraction of sp³-hybridized carbons (Fsp3) is 0.261. The molecule has 2 aromatic heterocycles. The summed E-state index contributed by atoms with van der Waals surface area (Å²) in [5, 5.41) is 0. The summed E-state index contributed by atoms with van der Waals surface area (Å²) in [5.74, 6) is 0.944. The number of ether oxygens (including phenoxy) is 1. The zero-order valence-electron chi connectivity index (χ0n) is 16.3. The number of esters is 1. The number of rotatable bonds is 5. The van der Waals surface area contributed by atoms with Crippen molar-refractivity contribution in [1.82, 2.24) is 14.4 Å². The molecule has 0 radical (unpaired) electrons. The van der Waals surface area contributed by atoms with Crippen LogP contribution in [0, 0.1) is 0 Å². The molecule has 0 N–H and O–H groups in total. The Morgan fingerprint density at radius 3 is 2.46 bits per heavy atom. The average molecular weight is 373 g/mol. The standard InChI is InChI=1S/C23H23N3O2/c1-4-15(3)20-17(5-2)21(28-22(27)16-11-7-6-8-12-16)26-19-14-10-9-13-18(19)24-23(26)25-20/h6-15H,4-5H2,1-3H3. The second-order valence-electron chi connectivity index (χ2n) is 6.94. The molecule has 0 saturated heterocycles. The minimum absolute atomic E-state index is 0.244. The number of benzene rings is 2. The molecule has 2 aromatic carbocycles. The quantitative estimate of drug-likeness (QED) is 0.453. The van der Waals surface area contributed by atoms with Gasteiger partial charge in [-0.3, -0.25) is 0 Å². The Balaban J connectivity index is 1.98. The predicted molar refractivity (Wildman–Crippen MR) is 110 cm³/mol. The average Bonchev–Trinajstić information content (AvgIpc) is 3.11. The van der Waals surface area contributed by atoms with E-state index in [-0.39, 0.29) is 11.9 Å². The summed E-state index contributed by atoms with van der Waals surface area (Å²) >= 11 is 0. The zero-order valence-corrected chi connectivity index (χ0v) is 16.3. The molecule has 1 unspecified atom stereocenters. The van der Waals surface area contributed by atoms with Gasteiger partial charge < -0.3 is 4.74 Å². The van der Waals surface area contributed by atoms with Gasteiger partial charge in [0.05, 0.1) is 22.3 Å². The summed E-state index contributed by atoms with van der Waals surface area (Å²) in [6.07, 6.45) is 1.66. The Hall–Kier alpha value is -3.21. The molecule has 0 saturated carbocycles. The van der Waals surface area contributed by atoms with Crippen molar-refractivity contribution >= 4 is 22.8 Å². The number of para-hydroxylation sites is 2. The van der Waals surface area contributed by atoms with Crippen molar-refractivity contribution in [2.45, 2.75) is 39.5 Å². The van der Waals surface area contributed by atoms with Crippen molar-refractivity contribution in [2.75, 3.05) is 0 Å². The molecular formula is C23H23N3O2. The monoisotopic (exact) mass is 373 g/mol. The third kappa shape index (κ3) is 3.03. The molecule has 0 aliphatic rings. The number of imidazole rings is 1. The van der Waals surface area contributed by atoms with Gasteiger partial charge in [-0.05, 0) is 43.0 Å². The van der Waals surface area contributed by atoms with Gasteiger partial charge in [0, 0.05) is 5.56 Å². The maximum Gasteiger partial charge on any atom is 0.344 e. The highest BCUT2D eigenvalue weighted by Crippen LogP contribution is 2.33. The van der Waals surface area contributed by atoms with Crippen LogP contribution in [0.15, 0.2) is 54.6 Å². The molecule has 0 bridgehead atoms. The zero-order chi connectivity index (χ0) is 19.7. The Bertz CT molecular complexity index is 1150. The van der Waals surface area contributed by atoms with Crippen molar-refractivity contribution < 1.29 is 9.53 Å². The minimum atomic E-state index is -0.379. The van der Waals surface area contributed by atoms with Gasteiger partial charge in [0.2, 0.25) is 11.7 Å². The van der Waals surface area contributed by atoms with E-state index in [1.165, 1.54) is 0 Å². The van der Waals surface area contributed by atoms with E-state index in [2.05, 4.69) is 25.8 Å². The third-order valence-corrected chi connectivity index (χ3v) is 5.17. The number of nitrogens with zero attached hydrogens (tertiary/aromatic N) is 3. The Morgan fingerprint density at radius 2 is 1.75 bits per heavy atom. The van der Waals surface area contributed by atoms with E-state index in [0.29, 0.717) is 23.6 Å². The molecule has 0 aliphatic heterocycles. The SMILES string of the molecule is CCc1c(C(C)CC)nc2nc3ccccc3n2c1OC(=O)c1ccccc1. The Labute approximate surface area is 164 Å². The number of carbonyl (C=O) groups is 1. The molecule has 2 heterocycles. The topological polar surface area (TPSA) is 56.5 Å². The molecule has 0 aliphatic carbocycles. The molecule has 5 heteroatoms. The van der Waals surface area contributed by atoms with E-state index < -0.39 is 0 Å². The van der Waals surface area contributed by atoms with Crippen LogP contribution >= 0.6 is 0 Å². The number of fused-ring (bicyclic) bond motifs is 3. The first-order valence-corrected chi connectivity index (χ1v) is 9.71. The first-order chi connectivity index (χ1) is 13.6. The van der Waals surface area contributed by atoms with Crippen molar-refractivity contribution in [3.63, 3.8) is 0 Å². The molecule has 0 amide bonds. The normalized spacial score (nSPS) is 12.4. The smallest absolute Gasteiger partial charge is 0.344 e. The van der Waals surface area contributed by atoms with Gasteiger partial charge >= 0.3 is 5.97 Å². The van der Waals surface area contributed by atoms with Gasteiger partial charge in [-0.15, -0.1) is 0 Å². The lowest BCUT2D eigenvalue weighted by Gasteiger charge is -2.18. The Morgan fingerprint density at radius 1 is 1.04 bits per heavy atom. The Kier molecular flexibility index (Phi) is 4.82. The van der Waals surface area contributed by atoms with E-state index >= 15 is 0 Å². The number of aromatic nitrogens is 3. The van der Waals surface area contributed by atoms with Crippen LogP contribution in [0.25, 0.3) is 16.8 Å². The van der Waals surface area contributed by atoms with E-state index in [1.54, 1.807) is 12.1 Å². The van der Waals surface area contributed by atoms with E-state index in [1.807, 2.05) is 46.9 Å². The van der Waals surface area contributed by atoms with Gasteiger partial charge in [-0.2, -0.15) is 0 Å². The summed E-state index contributed by atoms with van der Waals surface area (Å²) in [7, 11) is 0. The molecule has 142 valence electrons. The third-order valence-electron chi connectivity index (χ3n) is 5.17. The summed E-state index contributed by atoms with van der Waals surface area (Å²) in [6, 6.07) is 16.9. The summed E-state index contributed by atoms with van der Waals surface area (Å²) in [4.78, 5) is 22.4. The molecule has 0 spiro atoms. The van der Waals surface area contributed by atoms with E-state index in [0.717, 1.165) is 28.7 Å². The van der Waals surface area contributed by atoms with Gasteiger partial charge in [0.15, 0.2) is 0 Å². The second-order valence-corrected chi connectivity index (χ2v) is 6.94. The maximum atomic E-state index is 12.9. The molecular weight excluding hydrogens is 350 g/mol. The van der Waals surface area contributed by atoms with Crippen LogP contribution in [0.2, 0.25) is 0 Å². The largest absolute Gasteiger partial charge is 0.405 e. The summed E-state index contributed by atoms with van der Waals surface area (Å²) in [6.45, 7) is 6.34. The summed E-state index contributed by atoms with van der Waals surface area (Å²) < 4.78 is 7.84. The van der Waals surface area contributed by atoms with Gasteiger partial charge in [-0.25, -0.2) is 19.2 Å². The minimum Gasteiger partial charge on any atom is -0.405 e. The maximum absolute atomic E-state index is 12.9. The highest BCUT2D eigenvalue weighted by atomic mass is 16.5. The lowest BCUT2D eigenvalue weighted by Crippen LogP contribution is -2.15. The van der Waals surface area contributed by atoms with Gasteiger partial charge in [0.1, 0.15) is 0 Å². The molecule has 4 aromatic rings. The van der Waals surface area contributed by atoms with E-state index in [4.69, 9.17) is 9.72 Å². The predicted octanol–water partition coefficient (Wildman–Crippen LogP) is 5.18. The molecule has 5 nitrogen and oxygen atoms in total. The fourth-order valence-corrected chi connectivity index (χ4v) is 3.47.